The number of hydrazine groups is 1. The average Bonchev–Trinajstić information content (AvgIpc) is 3.17. The van der Waals surface area contributed by atoms with Gasteiger partial charge in [-0.25, -0.2) is 15.1 Å². The lowest BCUT2D eigenvalue weighted by Gasteiger charge is -2.64. The van der Waals surface area contributed by atoms with Crippen LogP contribution in [0.15, 0.2) is 4.99 Å². The summed E-state index contributed by atoms with van der Waals surface area (Å²) in [6, 6.07) is 0. The van der Waals surface area contributed by atoms with E-state index in [-0.39, 0.29) is 85.0 Å². The predicted octanol–water partition coefficient (Wildman–Crippen LogP) is 2.01. The van der Waals surface area contributed by atoms with Crippen LogP contribution in [0.5, 0.6) is 0 Å². The number of guanidine groups is 1. The first kappa shape index (κ1) is 33.3. The summed E-state index contributed by atoms with van der Waals surface area (Å²) in [6.07, 6.45) is 3.85. The van der Waals surface area contributed by atoms with Crippen molar-refractivity contribution in [3.63, 3.8) is 0 Å². The smallest absolute Gasteiger partial charge is 0.404 e. The van der Waals surface area contributed by atoms with Gasteiger partial charge in [-0.1, -0.05) is 33.1 Å². The Labute approximate surface area is 237 Å². The number of amides is 1. The summed E-state index contributed by atoms with van der Waals surface area (Å²) in [5.74, 6) is -0.237. The van der Waals surface area contributed by atoms with E-state index < -0.39 is 18.1 Å². The fourth-order valence-electron chi connectivity index (χ4n) is 6.65. The van der Waals surface area contributed by atoms with E-state index in [1.165, 1.54) is 0 Å². The Bertz CT molecular complexity index is 923. The van der Waals surface area contributed by atoms with E-state index >= 15 is 0 Å². The first-order valence-electron chi connectivity index (χ1n) is 13.8. The molecule has 1 heterocycles. The number of nitrogens with two attached hydrogens (primary N) is 2. The highest BCUT2D eigenvalue weighted by Crippen LogP contribution is 2.65. The van der Waals surface area contributed by atoms with E-state index in [0.717, 1.165) is 12.8 Å². The highest BCUT2D eigenvalue weighted by Gasteiger charge is 2.68. The van der Waals surface area contributed by atoms with Crippen molar-refractivity contribution >= 4 is 37.2 Å². The molecule has 222 valence electrons. The number of aliphatic imine (C=N–C) groups is 1. The van der Waals surface area contributed by atoms with Crippen molar-refractivity contribution in [2.24, 2.45) is 45.5 Å². The Balaban J connectivity index is 0.00000533. The van der Waals surface area contributed by atoms with Crippen LogP contribution in [0.4, 0.5) is 0 Å². The molecule has 3 aliphatic carbocycles. The minimum absolute atomic E-state index is 0. The normalized spacial score (nSPS) is 28.5. The molecule has 0 aromatic carbocycles. The molecule has 12 nitrogen and oxygen atoms in total. The molecule has 0 spiro atoms. The summed E-state index contributed by atoms with van der Waals surface area (Å²) in [6.45, 7) is 11.4. The Morgan fingerprint density at radius 1 is 1.26 bits per heavy atom. The molecule has 14 heteroatoms. The van der Waals surface area contributed by atoms with Crippen molar-refractivity contribution in [3.05, 3.63) is 10.1 Å². The van der Waals surface area contributed by atoms with Gasteiger partial charge in [-0.2, -0.15) is 0 Å². The van der Waals surface area contributed by atoms with Gasteiger partial charge in [0.2, 0.25) is 5.91 Å². The van der Waals surface area contributed by atoms with E-state index in [1.54, 1.807) is 5.43 Å². The molecule has 1 aliphatic heterocycles. The zero-order valence-corrected chi connectivity index (χ0v) is 24.6. The summed E-state index contributed by atoms with van der Waals surface area (Å²) < 4.78 is 13.1. The number of halogens is 1. The van der Waals surface area contributed by atoms with Crippen LogP contribution in [0, 0.1) is 39.2 Å². The van der Waals surface area contributed by atoms with E-state index in [4.69, 9.17) is 20.8 Å². The number of rotatable bonds is 14. The molecule has 6 N–H and O–H groups in total. The van der Waals surface area contributed by atoms with E-state index in [0.29, 0.717) is 31.1 Å². The van der Waals surface area contributed by atoms with Crippen molar-refractivity contribution in [1.29, 1.82) is 0 Å². The third-order valence-electron chi connectivity index (χ3n) is 8.82. The number of hydrogen-bond acceptors (Lipinski definition) is 8. The lowest BCUT2D eigenvalue weighted by atomic mass is 9.43. The minimum Gasteiger partial charge on any atom is -0.404 e. The molecular formula is C25H46BClN6O6. The van der Waals surface area contributed by atoms with Crippen LogP contribution in [0.1, 0.15) is 79.6 Å². The molecule has 0 radical (unpaired) electrons. The van der Waals surface area contributed by atoms with Crippen molar-refractivity contribution in [3.8, 4) is 0 Å². The van der Waals surface area contributed by atoms with Gasteiger partial charge in [0.05, 0.1) is 17.6 Å². The monoisotopic (exact) mass is 572 g/mol. The van der Waals surface area contributed by atoms with E-state index in [2.05, 4.69) is 44.9 Å². The molecule has 4 fully saturated rings. The Morgan fingerprint density at radius 3 is 2.54 bits per heavy atom. The molecule has 39 heavy (non-hydrogen) atoms. The molecule has 4 aliphatic rings. The van der Waals surface area contributed by atoms with Gasteiger partial charge in [0.15, 0.2) is 5.03 Å². The molecule has 1 saturated heterocycles. The first-order chi connectivity index (χ1) is 17.8. The first-order valence-corrected chi connectivity index (χ1v) is 13.8. The van der Waals surface area contributed by atoms with Gasteiger partial charge in [-0.05, 0) is 68.7 Å². The highest BCUT2D eigenvalue weighted by molar-refractivity contribution is 6.47. The number of ketones is 1. The highest BCUT2D eigenvalue weighted by atomic mass is 35.5. The number of Topliss-reactive ketones (excluding diaryl/α,β-unsaturated/α-hetero) is 1. The number of carbonyl (C=O) groups is 2. The molecule has 3 saturated carbocycles. The van der Waals surface area contributed by atoms with E-state index in [1.807, 2.05) is 0 Å². The van der Waals surface area contributed by atoms with Crippen LogP contribution in [-0.4, -0.2) is 60.5 Å². The summed E-state index contributed by atoms with van der Waals surface area (Å²) in [7, 11) is -0.551. The third-order valence-corrected chi connectivity index (χ3v) is 8.82. The van der Waals surface area contributed by atoms with E-state index in [9.17, 15) is 19.7 Å². The van der Waals surface area contributed by atoms with Crippen molar-refractivity contribution in [2.75, 3.05) is 13.1 Å². The zero-order chi connectivity index (χ0) is 28.3. The SMILES string of the molecule is CC(C)C[C@H](NC(=O)[C@H](CCCN=C(N)N[N+](=O)[O-])CC(=O)CCN)B1O[C@@H]2C[C@@H]3C[C@@H](C3(C)C)[C@]2(C)O1.Cl. The maximum absolute atomic E-state index is 13.5. The molecule has 0 aromatic rings. The Kier molecular flexibility index (Phi) is 11.6. The second-order valence-electron chi connectivity index (χ2n) is 12.3. The van der Waals surface area contributed by atoms with Crippen LogP contribution in [-0.2, 0) is 18.9 Å². The third kappa shape index (κ3) is 7.83. The minimum atomic E-state index is -0.788. The summed E-state index contributed by atoms with van der Waals surface area (Å²) in [5.41, 5.74) is 12.6. The number of hydrogen-bond donors (Lipinski definition) is 4. The maximum Gasteiger partial charge on any atom is 0.481 e. The van der Waals surface area contributed by atoms with Gasteiger partial charge < -0.3 is 26.1 Å². The second kappa shape index (κ2) is 13.6. The lowest BCUT2D eigenvalue weighted by Crippen LogP contribution is -2.65. The Hall–Kier alpha value is -1.96. The maximum atomic E-state index is 13.5. The fraction of sp³-hybridized carbons (Fsp3) is 0.880. The zero-order valence-electron chi connectivity index (χ0n) is 23.8. The molecular weight excluding hydrogens is 527 g/mol. The number of nitrogens with one attached hydrogen (secondary N) is 2. The van der Waals surface area contributed by atoms with Gasteiger partial charge in [0.1, 0.15) is 5.78 Å². The summed E-state index contributed by atoms with van der Waals surface area (Å²) in [5, 5.41) is 12.8. The molecule has 1 amide bonds. The van der Waals surface area contributed by atoms with Crippen LogP contribution in [0.3, 0.4) is 0 Å². The van der Waals surface area contributed by atoms with Gasteiger partial charge in [-0.3, -0.25) is 9.59 Å². The van der Waals surface area contributed by atoms with Crippen LogP contribution in [0.25, 0.3) is 0 Å². The van der Waals surface area contributed by atoms with Gasteiger partial charge in [-0.15, -0.1) is 12.4 Å². The predicted molar refractivity (Wildman–Crippen MR) is 151 cm³/mol. The largest absolute Gasteiger partial charge is 0.481 e. The van der Waals surface area contributed by atoms with Crippen molar-refractivity contribution in [2.45, 2.75) is 97.2 Å². The number of carbonyl (C=O) groups excluding carboxylic acids is 2. The lowest BCUT2D eigenvalue weighted by molar-refractivity contribution is -0.525. The van der Waals surface area contributed by atoms with Gasteiger partial charge in [0, 0.05) is 25.3 Å². The summed E-state index contributed by atoms with van der Waals surface area (Å²) >= 11 is 0. The molecule has 2 bridgehead atoms. The standard InChI is InChI=1S/C25H45BN6O6.ClH/c1-15(2)11-21(26-37-20-14-17-13-19(24(17,3)4)25(20,5)38-26)30-22(34)16(12-18(33)8-9-27)7-6-10-29-23(28)31-32(35)36;/h15-17,19-21H,6-14,27H2,1-5H3,(H,30,34)(H3,28,29,31);1H/t16-,17+,19+,20-,21+,25+;/m1./s1. The molecule has 0 unspecified atom stereocenters. The van der Waals surface area contributed by atoms with Crippen LogP contribution >= 0.6 is 12.4 Å². The molecule has 4 rings (SSSR count). The number of nitrogens with zero attached hydrogens (tertiary/aromatic N) is 2. The average molecular weight is 573 g/mol. The van der Waals surface area contributed by atoms with Gasteiger partial charge in [0.25, 0.3) is 5.96 Å². The topological polar surface area (TPSA) is 184 Å². The molecule has 6 atom stereocenters. The fourth-order valence-corrected chi connectivity index (χ4v) is 6.65. The second-order valence-corrected chi connectivity index (χ2v) is 12.3. The van der Waals surface area contributed by atoms with Crippen molar-refractivity contribution in [1.82, 2.24) is 10.7 Å². The van der Waals surface area contributed by atoms with Gasteiger partial charge >= 0.3 is 7.12 Å². The quantitative estimate of drug-likeness (QED) is 0.0603. The van der Waals surface area contributed by atoms with Crippen LogP contribution in [0.2, 0.25) is 0 Å². The van der Waals surface area contributed by atoms with Crippen molar-refractivity contribution < 1.29 is 23.9 Å². The molecule has 0 aromatic heterocycles. The summed E-state index contributed by atoms with van der Waals surface area (Å²) in [4.78, 5) is 40.3. The Morgan fingerprint density at radius 2 is 1.95 bits per heavy atom. The number of nitro groups is 1. The van der Waals surface area contributed by atoms with Crippen LogP contribution < -0.4 is 22.2 Å².